The minimum atomic E-state index is -0.112. The largest absolute Gasteiger partial charge is 0.484 e. The number of hydrogen-bond donors (Lipinski definition) is 0. The molecule has 0 N–H and O–H groups in total. The van der Waals surface area contributed by atoms with Gasteiger partial charge >= 0.3 is 0 Å². The third-order valence-electron chi connectivity index (χ3n) is 2.94. The lowest BCUT2D eigenvalue weighted by Crippen LogP contribution is -2.27. The Morgan fingerprint density at radius 2 is 1.91 bits per heavy atom. The normalized spacial score (nSPS) is 10.6. The fraction of sp³-hybridized carbons (Fsp3) is 0.176. The molecular weight excluding hydrogens is 298 g/mol. The van der Waals surface area contributed by atoms with Gasteiger partial charge in [-0.15, -0.1) is 11.3 Å². The van der Waals surface area contributed by atoms with Gasteiger partial charge in [0.15, 0.2) is 12.4 Å². The topological polar surface area (TPSA) is 46.6 Å². The molecular formula is C17H17NO3S. The van der Waals surface area contributed by atoms with Crippen LogP contribution in [0, 0.1) is 0 Å². The first-order valence-electron chi connectivity index (χ1n) is 6.75. The van der Waals surface area contributed by atoms with Crippen molar-refractivity contribution in [2.75, 3.05) is 20.7 Å². The summed E-state index contributed by atoms with van der Waals surface area (Å²) in [6, 6.07) is 10.7. The Kier molecular flexibility index (Phi) is 5.49. The van der Waals surface area contributed by atoms with E-state index in [1.165, 1.54) is 4.90 Å². The second kappa shape index (κ2) is 7.56. The van der Waals surface area contributed by atoms with Gasteiger partial charge in [-0.05, 0) is 47.9 Å². The molecule has 0 atom stereocenters. The van der Waals surface area contributed by atoms with Crippen molar-refractivity contribution in [3.05, 3.63) is 58.3 Å². The molecule has 4 nitrogen and oxygen atoms in total. The summed E-state index contributed by atoms with van der Waals surface area (Å²) in [4.78, 5) is 26.0. The van der Waals surface area contributed by atoms with Gasteiger partial charge in [0, 0.05) is 24.5 Å². The third kappa shape index (κ3) is 4.56. The van der Waals surface area contributed by atoms with Gasteiger partial charge in [-0.25, -0.2) is 0 Å². The first-order valence-corrected chi connectivity index (χ1v) is 7.63. The van der Waals surface area contributed by atoms with Crippen LogP contribution in [0.4, 0.5) is 0 Å². The predicted octanol–water partition coefficient (Wildman–Crippen LogP) is 3.11. The van der Waals surface area contributed by atoms with E-state index in [1.807, 2.05) is 17.5 Å². The predicted molar refractivity (Wildman–Crippen MR) is 88.3 cm³/mol. The number of hydrogen-bond acceptors (Lipinski definition) is 4. The molecule has 1 aromatic carbocycles. The second-order valence-electron chi connectivity index (χ2n) is 4.81. The molecule has 0 fully saturated rings. The molecule has 114 valence electrons. The van der Waals surface area contributed by atoms with Crippen molar-refractivity contribution in [3.63, 3.8) is 0 Å². The number of benzene rings is 1. The van der Waals surface area contributed by atoms with Crippen molar-refractivity contribution in [2.45, 2.75) is 0 Å². The van der Waals surface area contributed by atoms with Crippen molar-refractivity contribution in [2.24, 2.45) is 0 Å². The number of nitrogens with zero attached hydrogens (tertiary/aromatic N) is 1. The van der Waals surface area contributed by atoms with E-state index in [0.717, 1.165) is 4.88 Å². The molecule has 0 unspecified atom stereocenters. The van der Waals surface area contributed by atoms with E-state index >= 15 is 0 Å². The number of carbonyl (C=O) groups excluding carboxylic acids is 2. The summed E-state index contributed by atoms with van der Waals surface area (Å²) >= 11 is 1.58. The summed E-state index contributed by atoms with van der Waals surface area (Å²) in [6.45, 7) is -0.0153. The van der Waals surface area contributed by atoms with Gasteiger partial charge in [0.25, 0.3) is 5.91 Å². The highest BCUT2D eigenvalue weighted by Crippen LogP contribution is 2.15. The number of thiophene rings is 1. The van der Waals surface area contributed by atoms with E-state index in [-0.39, 0.29) is 18.3 Å². The first kappa shape index (κ1) is 16.0. The molecule has 0 radical (unpaired) electrons. The molecule has 22 heavy (non-hydrogen) atoms. The van der Waals surface area contributed by atoms with Crippen LogP contribution in [0.25, 0.3) is 6.08 Å². The number of allylic oxidation sites excluding steroid dienone is 1. The Morgan fingerprint density at radius 3 is 2.50 bits per heavy atom. The van der Waals surface area contributed by atoms with Crippen LogP contribution in [0.15, 0.2) is 47.9 Å². The Hall–Kier alpha value is -2.40. The molecule has 0 aliphatic heterocycles. The van der Waals surface area contributed by atoms with Gasteiger partial charge in [0.2, 0.25) is 0 Å². The van der Waals surface area contributed by atoms with Crippen molar-refractivity contribution in [3.8, 4) is 5.75 Å². The fourth-order valence-electron chi connectivity index (χ4n) is 1.63. The van der Waals surface area contributed by atoms with E-state index in [4.69, 9.17) is 4.74 Å². The van der Waals surface area contributed by atoms with Crippen molar-refractivity contribution >= 4 is 29.1 Å². The van der Waals surface area contributed by atoms with Gasteiger partial charge in [-0.3, -0.25) is 9.59 Å². The SMILES string of the molecule is CN(C)C(=O)COc1ccc(C(=O)C=Cc2cccs2)cc1. The lowest BCUT2D eigenvalue weighted by molar-refractivity contribution is -0.130. The standard InChI is InChI=1S/C17H17NO3S/c1-18(2)17(20)12-21-14-7-5-13(6-8-14)16(19)10-9-15-4-3-11-22-15/h3-11H,12H2,1-2H3. The van der Waals surface area contributed by atoms with Crippen molar-refractivity contribution in [1.82, 2.24) is 4.90 Å². The molecule has 1 heterocycles. The van der Waals surface area contributed by atoms with Crippen LogP contribution in [0.2, 0.25) is 0 Å². The molecule has 5 heteroatoms. The Morgan fingerprint density at radius 1 is 1.18 bits per heavy atom. The summed E-state index contributed by atoms with van der Waals surface area (Å²) in [6.07, 6.45) is 3.35. The van der Waals surface area contributed by atoms with E-state index < -0.39 is 0 Å². The summed E-state index contributed by atoms with van der Waals surface area (Å²) in [5.41, 5.74) is 0.582. The highest BCUT2D eigenvalue weighted by atomic mass is 32.1. The van der Waals surface area contributed by atoms with Gasteiger partial charge in [-0.1, -0.05) is 6.07 Å². The highest BCUT2D eigenvalue weighted by molar-refractivity contribution is 7.10. The zero-order valence-electron chi connectivity index (χ0n) is 12.5. The molecule has 2 aromatic rings. The van der Waals surface area contributed by atoms with Crippen LogP contribution in [-0.2, 0) is 4.79 Å². The maximum Gasteiger partial charge on any atom is 0.259 e. The molecule has 0 saturated heterocycles. The van der Waals surface area contributed by atoms with Crippen molar-refractivity contribution in [1.29, 1.82) is 0 Å². The van der Waals surface area contributed by atoms with Crippen molar-refractivity contribution < 1.29 is 14.3 Å². The van der Waals surface area contributed by atoms with Crippen LogP contribution < -0.4 is 4.74 Å². The first-order chi connectivity index (χ1) is 10.6. The molecule has 1 aromatic heterocycles. The average Bonchev–Trinajstić information content (AvgIpc) is 3.04. The number of likely N-dealkylation sites (N-methyl/N-ethyl adjacent to an activating group) is 1. The maximum atomic E-state index is 12.0. The average molecular weight is 315 g/mol. The quantitative estimate of drug-likeness (QED) is 0.608. The van der Waals surface area contributed by atoms with Gasteiger partial charge in [0.1, 0.15) is 5.75 Å². The van der Waals surface area contributed by atoms with Crippen LogP contribution in [0.5, 0.6) is 5.75 Å². The van der Waals surface area contributed by atoms with Gasteiger partial charge in [0.05, 0.1) is 0 Å². The Balaban J connectivity index is 1.93. The minimum Gasteiger partial charge on any atom is -0.484 e. The molecule has 0 bridgehead atoms. The summed E-state index contributed by atoms with van der Waals surface area (Å²) in [7, 11) is 3.35. The lowest BCUT2D eigenvalue weighted by atomic mass is 10.1. The number of carbonyl (C=O) groups is 2. The van der Waals surface area contributed by atoms with Crippen LogP contribution in [0.1, 0.15) is 15.2 Å². The summed E-state index contributed by atoms with van der Waals surface area (Å²) in [5.74, 6) is 0.386. The van der Waals surface area contributed by atoms with E-state index in [9.17, 15) is 9.59 Å². The van der Waals surface area contributed by atoms with E-state index in [1.54, 1.807) is 61.8 Å². The van der Waals surface area contributed by atoms with Crippen LogP contribution in [-0.4, -0.2) is 37.3 Å². The summed E-state index contributed by atoms with van der Waals surface area (Å²) in [5, 5.41) is 1.96. The zero-order chi connectivity index (χ0) is 15.9. The molecule has 2 rings (SSSR count). The third-order valence-corrected chi connectivity index (χ3v) is 3.78. The molecule has 1 amide bonds. The molecule has 0 aliphatic rings. The van der Waals surface area contributed by atoms with E-state index in [2.05, 4.69) is 0 Å². The lowest BCUT2D eigenvalue weighted by Gasteiger charge is -2.11. The molecule has 0 spiro atoms. The molecule has 0 aliphatic carbocycles. The van der Waals surface area contributed by atoms with Crippen LogP contribution >= 0.6 is 11.3 Å². The zero-order valence-corrected chi connectivity index (χ0v) is 13.3. The highest BCUT2D eigenvalue weighted by Gasteiger charge is 2.06. The number of ether oxygens (including phenoxy) is 1. The van der Waals surface area contributed by atoms with Crippen LogP contribution in [0.3, 0.4) is 0 Å². The number of rotatable bonds is 6. The Labute approximate surface area is 133 Å². The summed E-state index contributed by atoms with van der Waals surface area (Å²) < 4.78 is 5.36. The number of amides is 1. The fourth-order valence-corrected chi connectivity index (χ4v) is 2.25. The maximum absolute atomic E-state index is 12.0. The monoisotopic (exact) mass is 315 g/mol. The van der Waals surface area contributed by atoms with E-state index in [0.29, 0.717) is 11.3 Å². The Bertz CT molecular complexity index is 658. The van der Waals surface area contributed by atoms with Gasteiger partial charge in [-0.2, -0.15) is 0 Å². The smallest absolute Gasteiger partial charge is 0.259 e. The second-order valence-corrected chi connectivity index (χ2v) is 5.79. The van der Waals surface area contributed by atoms with Gasteiger partial charge < -0.3 is 9.64 Å². The number of ketones is 1. The minimum absolute atomic E-state index is 0.0153. The molecule has 0 saturated carbocycles.